The third-order valence-electron chi connectivity index (χ3n) is 2.50. The van der Waals surface area contributed by atoms with Gasteiger partial charge in [0.15, 0.2) is 0 Å². The average Bonchev–Trinajstić information content (AvgIpc) is 2.93. The quantitative estimate of drug-likeness (QED) is 0.754. The summed E-state index contributed by atoms with van der Waals surface area (Å²) in [4.78, 5) is 18.3. The monoisotopic (exact) mass is 267 g/mol. The Morgan fingerprint density at radius 1 is 1.11 bits per heavy atom. The minimum absolute atomic E-state index is 0.136. The molecular formula is C9H10ClN7O. The smallest absolute Gasteiger partial charge is 0.258 e. The molecule has 18 heavy (non-hydrogen) atoms. The molecule has 0 aromatic carbocycles. The van der Waals surface area contributed by atoms with Crippen molar-refractivity contribution in [3.05, 3.63) is 17.9 Å². The summed E-state index contributed by atoms with van der Waals surface area (Å²) in [5.74, 6) is 0.887. The standard InChI is InChI=1S/C9H10ClN7O/c10-7-13-8(16-1-3-18-4-2-16)15-9(14-7)17-6-11-5-12-17/h5-6H,1-4H2. The van der Waals surface area contributed by atoms with E-state index >= 15 is 0 Å². The normalized spacial score (nSPS) is 15.9. The Bertz CT molecular complexity index is 526. The van der Waals surface area contributed by atoms with Crippen LogP contribution in [0.25, 0.3) is 5.95 Å². The molecule has 1 fully saturated rings. The van der Waals surface area contributed by atoms with E-state index < -0.39 is 0 Å². The number of ether oxygens (including phenoxy) is 1. The number of aromatic nitrogens is 6. The zero-order valence-electron chi connectivity index (χ0n) is 9.40. The molecule has 8 nitrogen and oxygen atoms in total. The van der Waals surface area contributed by atoms with Gasteiger partial charge in [-0.3, -0.25) is 0 Å². The molecule has 3 rings (SSSR count). The average molecular weight is 268 g/mol. The first-order valence-corrected chi connectivity index (χ1v) is 5.80. The SMILES string of the molecule is Clc1nc(N2CCOCC2)nc(-n2cncn2)n1. The van der Waals surface area contributed by atoms with Crippen molar-refractivity contribution < 1.29 is 4.74 Å². The van der Waals surface area contributed by atoms with Crippen LogP contribution in [0.2, 0.25) is 5.28 Å². The lowest BCUT2D eigenvalue weighted by molar-refractivity contribution is 0.122. The molecule has 2 aromatic heterocycles. The molecule has 0 saturated carbocycles. The fourth-order valence-electron chi connectivity index (χ4n) is 1.65. The topological polar surface area (TPSA) is 81.9 Å². The minimum atomic E-state index is 0.136. The largest absolute Gasteiger partial charge is 0.378 e. The fourth-order valence-corrected chi connectivity index (χ4v) is 1.80. The molecule has 0 amide bonds. The van der Waals surface area contributed by atoms with Gasteiger partial charge in [0.2, 0.25) is 11.2 Å². The van der Waals surface area contributed by atoms with Gasteiger partial charge >= 0.3 is 0 Å². The van der Waals surface area contributed by atoms with Gasteiger partial charge in [-0.15, -0.1) is 0 Å². The second-order valence-electron chi connectivity index (χ2n) is 3.64. The van der Waals surface area contributed by atoms with Crippen LogP contribution in [0.15, 0.2) is 12.7 Å². The molecule has 0 aliphatic carbocycles. The first-order valence-electron chi connectivity index (χ1n) is 5.42. The molecule has 94 valence electrons. The second kappa shape index (κ2) is 4.83. The molecule has 0 unspecified atom stereocenters. The van der Waals surface area contributed by atoms with E-state index in [1.54, 1.807) is 0 Å². The number of anilines is 1. The Morgan fingerprint density at radius 2 is 1.89 bits per heavy atom. The van der Waals surface area contributed by atoms with Crippen LogP contribution in [0.1, 0.15) is 0 Å². The van der Waals surface area contributed by atoms with E-state index in [2.05, 4.69) is 25.0 Å². The lowest BCUT2D eigenvalue weighted by Gasteiger charge is -2.26. The Kier molecular flexibility index (Phi) is 3.03. The van der Waals surface area contributed by atoms with Crippen molar-refractivity contribution in [1.82, 2.24) is 29.7 Å². The number of hydrogen-bond acceptors (Lipinski definition) is 7. The summed E-state index contributed by atoms with van der Waals surface area (Å²) in [5, 5.41) is 4.10. The summed E-state index contributed by atoms with van der Waals surface area (Å²) in [6.07, 6.45) is 2.92. The van der Waals surface area contributed by atoms with E-state index in [4.69, 9.17) is 16.3 Å². The third kappa shape index (κ3) is 2.24. The van der Waals surface area contributed by atoms with E-state index in [0.29, 0.717) is 25.1 Å². The maximum absolute atomic E-state index is 5.90. The zero-order chi connectivity index (χ0) is 12.4. The summed E-state index contributed by atoms with van der Waals surface area (Å²) in [6, 6.07) is 0. The highest BCUT2D eigenvalue weighted by Crippen LogP contribution is 2.14. The van der Waals surface area contributed by atoms with Crippen LogP contribution in [-0.4, -0.2) is 56.0 Å². The van der Waals surface area contributed by atoms with Gasteiger partial charge in [0.05, 0.1) is 13.2 Å². The Hall–Kier alpha value is -1.80. The molecule has 0 atom stereocenters. The molecule has 2 aromatic rings. The fraction of sp³-hybridized carbons (Fsp3) is 0.444. The van der Waals surface area contributed by atoms with Crippen molar-refractivity contribution in [3.8, 4) is 5.95 Å². The van der Waals surface area contributed by atoms with Crippen LogP contribution < -0.4 is 4.90 Å². The van der Waals surface area contributed by atoms with Crippen molar-refractivity contribution in [3.63, 3.8) is 0 Å². The molecule has 1 saturated heterocycles. The molecule has 1 aliphatic rings. The summed E-state index contributed by atoms with van der Waals surface area (Å²) in [5.41, 5.74) is 0. The first-order chi connectivity index (χ1) is 8.83. The van der Waals surface area contributed by atoms with E-state index in [-0.39, 0.29) is 5.28 Å². The number of rotatable bonds is 2. The van der Waals surface area contributed by atoms with E-state index in [1.165, 1.54) is 17.3 Å². The molecule has 1 aliphatic heterocycles. The molecule has 0 radical (unpaired) electrons. The summed E-state index contributed by atoms with van der Waals surface area (Å²) >= 11 is 5.90. The van der Waals surface area contributed by atoms with E-state index in [9.17, 15) is 0 Å². The van der Waals surface area contributed by atoms with Gasteiger partial charge in [0.25, 0.3) is 5.95 Å². The zero-order valence-corrected chi connectivity index (χ0v) is 10.2. The van der Waals surface area contributed by atoms with Gasteiger partial charge in [-0.25, -0.2) is 4.98 Å². The van der Waals surface area contributed by atoms with Crippen molar-refractivity contribution >= 4 is 17.5 Å². The second-order valence-corrected chi connectivity index (χ2v) is 3.98. The molecule has 0 bridgehead atoms. The number of hydrogen-bond donors (Lipinski definition) is 0. The van der Waals surface area contributed by atoms with Gasteiger partial charge in [0, 0.05) is 13.1 Å². The molecule has 9 heteroatoms. The van der Waals surface area contributed by atoms with Crippen molar-refractivity contribution in [1.29, 1.82) is 0 Å². The predicted molar refractivity (Wildman–Crippen MR) is 62.8 cm³/mol. The third-order valence-corrected chi connectivity index (χ3v) is 2.67. The van der Waals surface area contributed by atoms with Gasteiger partial charge < -0.3 is 9.64 Å². The van der Waals surface area contributed by atoms with Gasteiger partial charge in [-0.2, -0.15) is 24.7 Å². The summed E-state index contributed by atoms with van der Waals surface area (Å²) in [7, 11) is 0. The van der Waals surface area contributed by atoms with Gasteiger partial charge in [0.1, 0.15) is 12.7 Å². The lowest BCUT2D eigenvalue weighted by Crippen LogP contribution is -2.37. The van der Waals surface area contributed by atoms with Gasteiger partial charge in [-0.1, -0.05) is 0 Å². The Morgan fingerprint density at radius 3 is 2.61 bits per heavy atom. The van der Waals surface area contributed by atoms with Crippen LogP contribution in [0.3, 0.4) is 0 Å². The first kappa shape index (κ1) is 11.3. The van der Waals surface area contributed by atoms with Crippen LogP contribution in [-0.2, 0) is 4.74 Å². The van der Waals surface area contributed by atoms with Crippen LogP contribution in [0.4, 0.5) is 5.95 Å². The highest BCUT2D eigenvalue weighted by molar-refractivity contribution is 6.28. The van der Waals surface area contributed by atoms with Crippen LogP contribution in [0, 0.1) is 0 Å². The van der Waals surface area contributed by atoms with Gasteiger partial charge in [-0.05, 0) is 11.6 Å². The maximum atomic E-state index is 5.90. The summed E-state index contributed by atoms with van der Waals surface area (Å²) < 4.78 is 6.72. The predicted octanol–water partition coefficient (Wildman–Crippen LogP) is -0.0577. The maximum Gasteiger partial charge on any atom is 0.258 e. The van der Waals surface area contributed by atoms with Crippen molar-refractivity contribution in [2.24, 2.45) is 0 Å². The molecule has 3 heterocycles. The Balaban J connectivity index is 1.95. The van der Waals surface area contributed by atoms with E-state index in [0.717, 1.165) is 13.1 Å². The van der Waals surface area contributed by atoms with Crippen LogP contribution >= 0.6 is 11.6 Å². The molecular weight excluding hydrogens is 258 g/mol. The van der Waals surface area contributed by atoms with E-state index in [1.807, 2.05) is 4.90 Å². The van der Waals surface area contributed by atoms with Crippen LogP contribution in [0.5, 0.6) is 0 Å². The number of halogens is 1. The number of nitrogens with zero attached hydrogens (tertiary/aromatic N) is 7. The summed E-state index contributed by atoms with van der Waals surface area (Å²) in [6.45, 7) is 2.78. The Labute approximate surface area is 108 Å². The molecule has 0 N–H and O–H groups in total. The van der Waals surface area contributed by atoms with Crippen molar-refractivity contribution in [2.75, 3.05) is 31.2 Å². The lowest BCUT2D eigenvalue weighted by atomic mass is 10.4. The highest BCUT2D eigenvalue weighted by atomic mass is 35.5. The number of morpholine rings is 1. The van der Waals surface area contributed by atoms with Crippen molar-refractivity contribution in [2.45, 2.75) is 0 Å². The minimum Gasteiger partial charge on any atom is -0.378 e. The highest BCUT2D eigenvalue weighted by Gasteiger charge is 2.16. The molecule has 0 spiro atoms.